The van der Waals surface area contributed by atoms with Gasteiger partial charge in [-0.25, -0.2) is 18.5 Å². The van der Waals surface area contributed by atoms with Crippen LogP contribution in [0.5, 0.6) is 47.0 Å². The van der Waals surface area contributed by atoms with Crippen molar-refractivity contribution < 1.29 is 61.0 Å². The van der Waals surface area contributed by atoms with Gasteiger partial charge in [0.15, 0.2) is 5.82 Å². The molecule has 3 heterocycles. The Hall–Kier alpha value is -6.35. The highest BCUT2D eigenvalue weighted by Gasteiger charge is 2.25. The first kappa shape index (κ1) is 43.4. The molecule has 0 aliphatic heterocycles. The van der Waals surface area contributed by atoms with Gasteiger partial charge in [0.1, 0.15) is 34.0 Å². The van der Waals surface area contributed by atoms with Crippen LogP contribution >= 0.6 is 23.2 Å². The van der Waals surface area contributed by atoms with Gasteiger partial charge in [0.25, 0.3) is 0 Å². The Morgan fingerprint density at radius 1 is 0.860 bits per heavy atom. The highest BCUT2D eigenvalue weighted by molar-refractivity contribution is 6.32. The SMILES string of the molecule is CCOC(=O)C(Cl)Cc1cc(-n2nc(C)n(C(F)F)c2=O)c(F)cc1Cl.COc1cc(OC)nc(Oc2cccc(Oc3nc(OC)cc(OC)n3)c2C(=O)O)n1. The van der Waals surface area contributed by atoms with Crippen LogP contribution in [0.25, 0.3) is 5.69 Å². The lowest BCUT2D eigenvalue weighted by Gasteiger charge is -2.13. The van der Waals surface area contributed by atoms with Crippen molar-refractivity contribution in [1.82, 2.24) is 34.3 Å². The van der Waals surface area contributed by atoms with Crippen LogP contribution in [-0.4, -0.2) is 91.8 Å². The Morgan fingerprint density at radius 2 is 1.35 bits per heavy atom. The number of rotatable bonds is 15. The summed E-state index contributed by atoms with van der Waals surface area (Å²) < 4.78 is 76.9. The predicted molar refractivity (Wildman–Crippen MR) is 193 cm³/mol. The van der Waals surface area contributed by atoms with Gasteiger partial charge >= 0.3 is 36.2 Å². The number of aryl methyl sites for hydroxylation is 1. The molecule has 0 saturated carbocycles. The summed E-state index contributed by atoms with van der Waals surface area (Å²) in [5.74, 6) is -2.74. The first-order valence-corrected chi connectivity index (χ1v) is 16.9. The van der Waals surface area contributed by atoms with Crippen molar-refractivity contribution in [2.75, 3.05) is 35.0 Å². The first-order chi connectivity index (χ1) is 27.1. The summed E-state index contributed by atoms with van der Waals surface area (Å²) in [6.07, 6.45) is -0.115. The van der Waals surface area contributed by atoms with Crippen LogP contribution in [0.4, 0.5) is 13.2 Å². The zero-order chi connectivity index (χ0) is 42.0. The summed E-state index contributed by atoms with van der Waals surface area (Å²) in [6.45, 7) is -0.195. The number of hydrogen-bond acceptors (Lipinski definition) is 15. The molecular weight excluding hydrogens is 810 g/mol. The Balaban J connectivity index is 0.000000257. The van der Waals surface area contributed by atoms with Crippen molar-refractivity contribution in [3.05, 3.63) is 80.7 Å². The third-order valence-corrected chi connectivity index (χ3v) is 7.90. The van der Waals surface area contributed by atoms with Crippen molar-refractivity contribution in [3.63, 3.8) is 0 Å². The molecule has 23 heteroatoms. The molecule has 0 fully saturated rings. The van der Waals surface area contributed by atoms with E-state index in [1.165, 1.54) is 65.7 Å². The van der Waals surface area contributed by atoms with Gasteiger partial charge in [-0.1, -0.05) is 17.7 Å². The van der Waals surface area contributed by atoms with E-state index >= 15 is 0 Å². The van der Waals surface area contributed by atoms with E-state index in [9.17, 15) is 32.7 Å². The van der Waals surface area contributed by atoms with Crippen molar-refractivity contribution in [3.8, 4) is 52.7 Å². The molecule has 5 rings (SSSR count). The summed E-state index contributed by atoms with van der Waals surface area (Å²) in [7, 11) is 5.63. The molecule has 0 spiro atoms. The Kier molecular flexibility index (Phi) is 14.8. The lowest BCUT2D eigenvalue weighted by Crippen LogP contribution is -2.25. The van der Waals surface area contributed by atoms with Crippen LogP contribution in [0.15, 0.2) is 47.3 Å². The molecular formula is C34H32Cl2F3N7O11. The van der Waals surface area contributed by atoms with Gasteiger partial charge < -0.3 is 38.3 Å². The zero-order valence-electron chi connectivity index (χ0n) is 30.7. The first-order valence-electron chi connectivity index (χ1n) is 16.1. The molecule has 0 aliphatic carbocycles. The highest BCUT2D eigenvalue weighted by atomic mass is 35.5. The van der Waals surface area contributed by atoms with Crippen molar-refractivity contribution in [2.24, 2.45) is 0 Å². The lowest BCUT2D eigenvalue weighted by atomic mass is 10.1. The fourth-order valence-corrected chi connectivity index (χ4v) is 5.09. The average Bonchev–Trinajstić information content (AvgIpc) is 3.48. The maximum atomic E-state index is 14.2. The molecule has 2 aromatic carbocycles. The number of aromatic nitrogens is 7. The van der Waals surface area contributed by atoms with Crippen LogP contribution in [-0.2, 0) is 16.0 Å². The van der Waals surface area contributed by atoms with E-state index in [2.05, 4.69) is 25.0 Å². The summed E-state index contributed by atoms with van der Waals surface area (Å²) in [5, 5.41) is 12.3. The summed E-state index contributed by atoms with van der Waals surface area (Å²) in [5.41, 5.74) is -1.67. The summed E-state index contributed by atoms with van der Waals surface area (Å²) in [6, 6.07) is 8.89. The maximum absolute atomic E-state index is 14.2. The molecule has 1 N–H and O–H groups in total. The molecule has 57 heavy (non-hydrogen) atoms. The predicted octanol–water partition coefficient (Wildman–Crippen LogP) is 5.83. The fourth-order valence-electron chi connectivity index (χ4n) is 4.63. The molecule has 18 nitrogen and oxygen atoms in total. The maximum Gasteiger partial charge on any atom is 0.355 e. The van der Waals surface area contributed by atoms with Gasteiger partial charge in [-0.15, -0.1) is 16.7 Å². The average molecular weight is 843 g/mol. The van der Waals surface area contributed by atoms with Gasteiger partial charge in [-0.2, -0.15) is 33.4 Å². The smallest absolute Gasteiger partial charge is 0.355 e. The number of alkyl halides is 3. The van der Waals surface area contributed by atoms with Crippen molar-refractivity contribution >= 4 is 35.1 Å². The molecule has 0 radical (unpaired) electrons. The Morgan fingerprint density at radius 3 is 1.75 bits per heavy atom. The standard InChI is InChI=1S/C19H18N4O8.C15H14Cl2F3N3O3/c1-26-12-8-13(27-2)21-18(20-12)30-10-6-5-7-11(16(10)17(24)25)31-19-22-14(28-3)9-15(23-19)29-4;1-3-26-13(24)10(17)4-8-5-12(11(18)6-9(8)16)23-15(25)22(14(19)20)7(2)21-23/h5-9H,1-4H3,(H,24,25);5-6,10,14H,3-4H2,1-2H3. The Bertz CT molecular complexity index is 2180. The second-order valence-corrected chi connectivity index (χ2v) is 11.8. The van der Waals surface area contributed by atoms with Crippen LogP contribution < -0.4 is 34.1 Å². The van der Waals surface area contributed by atoms with E-state index in [-0.39, 0.29) is 92.3 Å². The minimum absolute atomic E-state index is 0.0424. The third kappa shape index (κ3) is 10.7. The molecule has 304 valence electrons. The number of esters is 1. The minimum Gasteiger partial charge on any atom is -0.481 e. The van der Waals surface area contributed by atoms with Crippen LogP contribution in [0, 0.1) is 12.7 Å². The van der Waals surface area contributed by atoms with Crippen molar-refractivity contribution in [2.45, 2.75) is 32.2 Å². The third-order valence-electron chi connectivity index (χ3n) is 7.22. The van der Waals surface area contributed by atoms with Gasteiger partial charge in [-0.3, -0.25) is 4.79 Å². The number of carboxylic acid groups (broad SMARTS) is 1. The number of carbonyl (C=O) groups is 2. The number of methoxy groups -OCH3 is 4. The number of hydrogen-bond donors (Lipinski definition) is 1. The number of carboxylic acids is 1. The van der Waals surface area contributed by atoms with Gasteiger partial charge in [0.05, 0.1) is 47.2 Å². The molecule has 5 aromatic rings. The number of halogens is 5. The largest absolute Gasteiger partial charge is 0.481 e. The van der Waals surface area contributed by atoms with E-state index < -0.39 is 35.4 Å². The normalized spacial score (nSPS) is 11.2. The molecule has 0 aliphatic rings. The molecule has 0 amide bonds. The quantitative estimate of drug-likeness (QED) is 0.0971. The van der Waals surface area contributed by atoms with Gasteiger partial charge in [-0.05, 0) is 43.7 Å². The number of benzene rings is 2. The number of carbonyl (C=O) groups excluding carboxylic acids is 1. The molecule has 0 bridgehead atoms. The van der Waals surface area contributed by atoms with E-state index in [1.807, 2.05) is 0 Å². The van der Waals surface area contributed by atoms with E-state index in [0.717, 1.165) is 12.1 Å². The highest BCUT2D eigenvalue weighted by Crippen LogP contribution is 2.35. The molecule has 3 aromatic heterocycles. The summed E-state index contributed by atoms with van der Waals surface area (Å²) in [4.78, 5) is 51.8. The monoisotopic (exact) mass is 841 g/mol. The molecule has 1 atom stereocenters. The zero-order valence-corrected chi connectivity index (χ0v) is 32.2. The van der Waals surface area contributed by atoms with Crippen LogP contribution in [0.2, 0.25) is 5.02 Å². The number of aromatic carboxylic acids is 1. The summed E-state index contributed by atoms with van der Waals surface area (Å²) >= 11 is 11.9. The van der Waals surface area contributed by atoms with Gasteiger partial charge in [0, 0.05) is 11.4 Å². The molecule has 0 saturated heterocycles. The number of ether oxygens (including phenoxy) is 7. The minimum atomic E-state index is -3.12. The van der Waals surface area contributed by atoms with E-state index in [1.54, 1.807) is 6.92 Å². The fraction of sp³-hybridized carbons (Fsp3) is 0.294. The van der Waals surface area contributed by atoms with Gasteiger partial charge in [0.2, 0.25) is 23.5 Å². The Labute approximate surface area is 330 Å². The van der Waals surface area contributed by atoms with Crippen LogP contribution in [0.1, 0.15) is 35.2 Å². The molecule has 1 unspecified atom stereocenters. The van der Waals surface area contributed by atoms with E-state index in [0.29, 0.717) is 4.68 Å². The lowest BCUT2D eigenvalue weighted by molar-refractivity contribution is -0.142. The van der Waals surface area contributed by atoms with Crippen LogP contribution in [0.3, 0.4) is 0 Å². The van der Waals surface area contributed by atoms with E-state index in [4.69, 9.17) is 56.4 Å². The second-order valence-electron chi connectivity index (χ2n) is 10.8. The topological polar surface area (TPSA) is 210 Å². The van der Waals surface area contributed by atoms with Crippen molar-refractivity contribution in [1.29, 1.82) is 0 Å². The second kappa shape index (κ2) is 19.5. The number of nitrogens with zero attached hydrogens (tertiary/aromatic N) is 7.